The van der Waals surface area contributed by atoms with E-state index in [9.17, 15) is 9.90 Å². The highest BCUT2D eigenvalue weighted by molar-refractivity contribution is 6.34. The Bertz CT molecular complexity index is 921. The number of hydrogen-bond acceptors (Lipinski definition) is 2. The first-order chi connectivity index (χ1) is 12.0. The minimum Gasteiger partial charge on any atom is -0.478 e. The summed E-state index contributed by atoms with van der Waals surface area (Å²) in [4.78, 5) is 11.7. The normalized spacial score (nSPS) is 10.8. The second kappa shape index (κ2) is 7.30. The molecule has 0 atom stereocenters. The van der Waals surface area contributed by atoms with E-state index < -0.39 is 5.97 Å². The Balaban J connectivity index is 2.01. The average Bonchev–Trinajstić information content (AvgIpc) is 2.92. The standard InChI is InChI=1S/C19H16Cl2N2O2/c1-12-18(19(24)25)16(10-7-13-5-3-2-4-6-13)22-23(12)17-11-14(20)8-9-15(17)21/h2-6,8-9,11H,7,10H2,1H3,(H,24,25). The number of rotatable bonds is 5. The van der Waals surface area contributed by atoms with E-state index in [0.717, 1.165) is 5.56 Å². The lowest BCUT2D eigenvalue weighted by Crippen LogP contribution is -2.04. The van der Waals surface area contributed by atoms with Gasteiger partial charge in [0.05, 0.1) is 22.1 Å². The molecule has 25 heavy (non-hydrogen) atoms. The van der Waals surface area contributed by atoms with E-state index in [4.69, 9.17) is 23.2 Å². The van der Waals surface area contributed by atoms with Gasteiger partial charge in [0.25, 0.3) is 0 Å². The fourth-order valence-corrected chi connectivity index (χ4v) is 3.17. The molecule has 0 spiro atoms. The van der Waals surface area contributed by atoms with E-state index in [1.54, 1.807) is 29.8 Å². The number of aromatic carboxylic acids is 1. The molecule has 4 nitrogen and oxygen atoms in total. The fraction of sp³-hybridized carbons (Fsp3) is 0.158. The third kappa shape index (κ3) is 3.70. The second-order valence-electron chi connectivity index (χ2n) is 5.71. The van der Waals surface area contributed by atoms with Gasteiger partial charge >= 0.3 is 5.97 Å². The predicted octanol–water partition coefficient (Wildman–Crippen LogP) is 4.97. The van der Waals surface area contributed by atoms with Crippen LogP contribution in [-0.2, 0) is 12.8 Å². The molecule has 0 aliphatic rings. The van der Waals surface area contributed by atoms with E-state index in [1.165, 1.54) is 0 Å². The number of nitrogens with zero attached hydrogens (tertiary/aromatic N) is 2. The molecule has 2 aromatic carbocycles. The van der Waals surface area contributed by atoms with Crippen LogP contribution in [0.3, 0.4) is 0 Å². The first-order valence-electron chi connectivity index (χ1n) is 7.78. The summed E-state index contributed by atoms with van der Waals surface area (Å²) >= 11 is 12.3. The van der Waals surface area contributed by atoms with Crippen molar-refractivity contribution >= 4 is 29.2 Å². The van der Waals surface area contributed by atoms with Gasteiger partial charge in [0.2, 0.25) is 0 Å². The summed E-state index contributed by atoms with van der Waals surface area (Å²) in [6.07, 6.45) is 1.23. The number of carbonyl (C=O) groups is 1. The summed E-state index contributed by atoms with van der Waals surface area (Å²) in [5.74, 6) is -0.995. The molecule has 1 N–H and O–H groups in total. The Morgan fingerprint density at radius 3 is 2.52 bits per heavy atom. The van der Waals surface area contributed by atoms with E-state index in [0.29, 0.717) is 40.0 Å². The molecule has 0 unspecified atom stereocenters. The Morgan fingerprint density at radius 1 is 1.12 bits per heavy atom. The lowest BCUT2D eigenvalue weighted by Gasteiger charge is -2.07. The molecule has 0 amide bonds. The van der Waals surface area contributed by atoms with E-state index in [2.05, 4.69) is 5.10 Å². The number of benzene rings is 2. The van der Waals surface area contributed by atoms with Gasteiger partial charge in [-0.3, -0.25) is 0 Å². The monoisotopic (exact) mass is 374 g/mol. The molecule has 1 aromatic heterocycles. The van der Waals surface area contributed by atoms with Crippen LogP contribution in [0.5, 0.6) is 0 Å². The van der Waals surface area contributed by atoms with Crippen molar-refractivity contribution in [2.24, 2.45) is 0 Å². The van der Waals surface area contributed by atoms with Crippen LogP contribution in [0.2, 0.25) is 10.0 Å². The first-order valence-corrected chi connectivity index (χ1v) is 8.54. The van der Waals surface area contributed by atoms with Crippen molar-refractivity contribution < 1.29 is 9.90 Å². The fourth-order valence-electron chi connectivity index (χ4n) is 2.80. The molecule has 0 bridgehead atoms. The molecule has 0 saturated heterocycles. The number of halogens is 2. The maximum atomic E-state index is 11.7. The van der Waals surface area contributed by atoms with Crippen LogP contribution < -0.4 is 0 Å². The summed E-state index contributed by atoms with van der Waals surface area (Å²) in [5.41, 5.74) is 2.98. The quantitative estimate of drug-likeness (QED) is 0.685. The Morgan fingerprint density at radius 2 is 1.84 bits per heavy atom. The highest BCUT2D eigenvalue weighted by atomic mass is 35.5. The maximum absolute atomic E-state index is 11.7. The topological polar surface area (TPSA) is 55.1 Å². The largest absolute Gasteiger partial charge is 0.478 e. The molecule has 0 aliphatic carbocycles. The van der Waals surface area contributed by atoms with E-state index in [1.807, 2.05) is 30.3 Å². The SMILES string of the molecule is Cc1c(C(=O)O)c(CCc2ccccc2)nn1-c1cc(Cl)ccc1Cl. The van der Waals surface area contributed by atoms with Crippen molar-refractivity contribution in [1.82, 2.24) is 9.78 Å². The zero-order valence-corrected chi connectivity index (χ0v) is 15.1. The molecule has 0 saturated carbocycles. The van der Waals surface area contributed by atoms with Crippen LogP contribution in [0, 0.1) is 6.92 Å². The molecule has 1 heterocycles. The lowest BCUT2D eigenvalue weighted by atomic mass is 10.1. The third-order valence-corrected chi connectivity index (χ3v) is 4.59. The van der Waals surface area contributed by atoms with Gasteiger partial charge in [-0.05, 0) is 43.5 Å². The maximum Gasteiger partial charge on any atom is 0.339 e. The molecule has 128 valence electrons. The van der Waals surface area contributed by atoms with Crippen molar-refractivity contribution in [2.75, 3.05) is 0 Å². The minimum atomic E-state index is -0.995. The minimum absolute atomic E-state index is 0.215. The van der Waals surface area contributed by atoms with Gasteiger partial charge in [0.15, 0.2) is 0 Å². The van der Waals surface area contributed by atoms with Crippen LogP contribution in [0.15, 0.2) is 48.5 Å². The van der Waals surface area contributed by atoms with Gasteiger partial charge in [-0.15, -0.1) is 0 Å². The van der Waals surface area contributed by atoms with Crippen LogP contribution >= 0.6 is 23.2 Å². The molecule has 0 fully saturated rings. The molecule has 3 rings (SSSR count). The van der Waals surface area contributed by atoms with Gasteiger partial charge in [0, 0.05) is 5.02 Å². The van der Waals surface area contributed by atoms with Crippen LogP contribution in [0.25, 0.3) is 5.69 Å². The number of aromatic nitrogens is 2. The molecule has 0 radical (unpaired) electrons. The van der Waals surface area contributed by atoms with Crippen LogP contribution in [0.1, 0.15) is 27.3 Å². The van der Waals surface area contributed by atoms with E-state index >= 15 is 0 Å². The van der Waals surface area contributed by atoms with Gasteiger partial charge in [-0.2, -0.15) is 5.10 Å². The molecule has 0 aliphatic heterocycles. The van der Waals surface area contributed by atoms with Crippen LogP contribution in [-0.4, -0.2) is 20.9 Å². The summed E-state index contributed by atoms with van der Waals surface area (Å²) in [6.45, 7) is 1.72. The van der Waals surface area contributed by atoms with Crippen molar-refractivity contribution in [3.05, 3.63) is 81.1 Å². The second-order valence-corrected chi connectivity index (χ2v) is 6.55. The van der Waals surface area contributed by atoms with Crippen LogP contribution in [0.4, 0.5) is 0 Å². The summed E-state index contributed by atoms with van der Waals surface area (Å²) in [7, 11) is 0. The predicted molar refractivity (Wildman–Crippen MR) is 99.1 cm³/mol. The zero-order chi connectivity index (χ0) is 18.0. The lowest BCUT2D eigenvalue weighted by molar-refractivity contribution is 0.0695. The summed E-state index contributed by atoms with van der Waals surface area (Å²) in [6, 6.07) is 14.9. The van der Waals surface area contributed by atoms with Crippen molar-refractivity contribution in [1.29, 1.82) is 0 Å². The smallest absolute Gasteiger partial charge is 0.339 e. The molecule has 3 aromatic rings. The number of carboxylic acid groups (broad SMARTS) is 1. The van der Waals surface area contributed by atoms with Gasteiger partial charge in [-0.1, -0.05) is 53.5 Å². The first kappa shape index (κ1) is 17.5. The van der Waals surface area contributed by atoms with Gasteiger partial charge < -0.3 is 5.11 Å². The highest BCUT2D eigenvalue weighted by Crippen LogP contribution is 2.27. The van der Waals surface area contributed by atoms with Gasteiger partial charge in [-0.25, -0.2) is 9.48 Å². The summed E-state index contributed by atoms with van der Waals surface area (Å²) < 4.78 is 1.55. The Hall–Kier alpha value is -2.30. The average molecular weight is 375 g/mol. The number of carboxylic acids is 1. The molecule has 6 heteroatoms. The number of hydrogen-bond donors (Lipinski definition) is 1. The Labute approximate surface area is 155 Å². The zero-order valence-electron chi connectivity index (χ0n) is 13.5. The van der Waals surface area contributed by atoms with Crippen molar-refractivity contribution in [3.63, 3.8) is 0 Å². The highest BCUT2D eigenvalue weighted by Gasteiger charge is 2.22. The summed E-state index contributed by atoms with van der Waals surface area (Å²) in [5, 5.41) is 15.1. The van der Waals surface area contributed by atoms with Crippen molar-refractivity contribution in [3.8, 4) is 5.69 Å². The van der Waals surface area contributed by atoms with Crippen molar-refractivity contribution in [2.45, 2.75) is 19.8 Å². The molecular weight excluding hydrogens is 359 g/mol. The van der Waals surface area contributed by atoms with E-state index in [-0.39, 0.29) is 5.56 Å². The molecular formula is C19H16Cl2N2O2. The number of aryl methyl sites for hydroxylation is 2. The Kier molecular flexibility index (Phi) is 5.11. The van der Waals surface area contributed by atoms with Gasteiger partial charge in [0.1, 0.15) is 5.56 Å². The third-order valence-electron chi connectivity index (χ3n) is 4.03.